The highest BCUT2D eigenvalue weighted by atomic mass is 16.5. The standard InChI is InChI=1S/C42H36N4O/c1-27-25-43-41(28(2)40(27)29-13-7-6-8-14-29)46-37-17-11-9-15-34(37)35-20-19-32(24-39(35)46)47-33-22-30(42(3,4)5)21-31(23-33)45-26-44-36-16-10-12-18-38(36)45/h6-26H,1-5H3/i1D3,2D3. The van der Waals surface area contributed by atoms with Gasteiger partial charge in [0.1, 0.15) is 23.6 Å². The first-order chi connectivity index (χ1) is 25.2. The first kappa shape index (κ1) is 22.8. The van der Waals surface area contributed by atoms with Gasteiger partial charge in [0.05, 0.1) is 27.8 Å². The molecular weight excluding hydrogens is 576 g/mol. The van der Waals surface area contributed by atoms with Gasteiger partial charge < -0.3 is 4.74 Å². The molecule has 3 aromatic heterocycles. The number of para-hydroxylation sites is 3. The summed E-state index contributed by atoms with van der Waals surface area (Å²) in [5.74, 6) is 1.29. The van der Waals surface area contributed by atoms with E-state index in [1.54, 1.807) is 24.3 Å². The maximum atomic E-state index is 8.78. The van der Waals surface area contributed by atoms with E-state index in [1.165, 1.54) is 6.20 Å². The van der Waals surface area contributed by atoms with Gasteiger partial charge in [-0.15, -0.1) is 0 Å². The molecule has 0 aliphatic heterocycles. The number of hydrogen-bond donors (Lipinski definition) is 0. The molecule has 5 aromatic carbocycles. The third-order valence-electron chi connectivity index (χ3n) is 8.70. The molecule has 3 heterocycles. The van der Waals surface area contributed by atoms with Crippen LogP contribution in [0.2, 0.25) is 0 Å². The summed E-state index contributed by atoms with van der Waals surface area (Å²) < 4.78 is 61.9. The monoisotopic (exact) mass is 618 g/mol. The summed E-state index contributed by atoms with van der Waals surface area (Å²) in [6.45, 7) is 1.14. The molecule has 0 fully saturated rings. The lowest BCUT2D eigenvalue weighted by molar-refractivity contribution is 0.479. The molecule has 0 radical (unpaired) electrons. The van der Waals surface area contributed by atoms with E-state index in [4.69, 9.17) is 13.0 Å². The lowest BCUT2D eigenvalue weighted by Crippen LogP contribution is -2.12. The Morgan fingerprint density at radius 3 is 2.26 bits per heavy atom. The van der Waals surface area contributed by atoms with E-state index in [-0.39, 0.29) is 27.9 Å². The quantitative estimate of drug-likeness (QED) is 0.193. The molecule has 0 bridgehead atoms. The molecule has 0 amide bonds. The molecule has 0 atom stereocenters. The normalized spacial score (nSPS) is 14.4. The van der Waals surface area contributed by atoms with Gasteiger partial charge in [0, 0.05) is 42.9 Å². The number of aromatic nitrogens is 4. The maximum absolute atomic E-state index is 8.78. The first-order valence-electron chi connectivity index (χ1n) is 18.6. The van der Waals surface area contributed by atoms with E-state index in [9.17, 15) is 0 Å². The molecule has 0 aliphatic carbocycles. The summed E-state index contributed by atoms with van der Waals surface area (Å²) in [6.07, 6.45) is 3.11. The third-order valence-corrected chi connectivity index (χ3v) is 8.70. The molecule has 230 valence electrons. The average Bonchev–Trinajstić information content (AvgIpc) is 3.69. The largest absolute Gasteiger partial charge is 0.457 e. The van der Waals surface area contributed by atoms with Gasteiger partial charge in [-0.25, -0.2) is 9.97 Å². The summed E-state index contributed by atoms with van der Waals surface area (Å²) in [5.41, 5.74) is 5.41. The molecule has 5 nitrogen and oxygen atoms in total. The van der Waals surface area contributed by atoms with E-state index in [2.05, 4.69) is 36.8 Å². The Morgan fingerprint density at radius 1 is 0.681 bits per heavy atom. The molecule has 0 spiro atoms. The molecule has 0 unspecified atom stereocenters. The number of hydrogen-bond acceptors (Lipinski definition) is 3. The number of fused-ring (bicyclic) bond motifs is 4. The van der Waals surface area contributed by atoms with Crippen LogP contribution in [0.4, 0.5) is 0 Å². The fourth-order valence-electron chi connectivity index (χ4n) is 6.33. The second kappa shape index (κ2) is 11.0. The van der Waals surface area contributed by atoms with Crippen LogP contribution >= 0.6 is 0 Å². The Kier molecular flexibility index (Phi) is 5.32. The lowest BCUT2D eigenvalue weighted by Gasteiger charge is -2.22. The number of pyridine rings is 1. The summed E-state index contributed by atoms with van der Waals surface area (Å²) in [5, 5.41) is 1.75. The number of benzene rings is 5. The Hall–Kier alpha value is -5.68. The number of aryl methyl sites for hydroxylation is 1. The van der Waals surface area contributed by atoms with Gasteiger partial charge >= 0.3 is 0 Å². The van der Waals surface area contributed by atoms with Crippen molar-refractivity contribution in [1.29, 1.82) is 0 Å². The SMILES string of the molecule is [2H]C([2H])([2H])c1cnc(-n2c3ccccc3c3ccc(Oc4cc(-n5cnc6ccccc65)cc(C(C)(C)C)c4)cc32)c(C([2H])([2H])[2H])c1-c1ccccc1. The molecule has 5 heteroatoms. The van der Waals surface area contributed by atoms with Crippen molar-refractivity contribution in [1.82, 2.24) is 19.1 Å². The van der Waals surface area contributed by atoms with Crippen LogP contribution in [-0.4, -0.2) is 19.1 Å². The van der Waals surface area contributed by atoms with Crippen molar-refractivity contribution in [3.63, 3.8) is 0 Å². The van der Waals surface area contributed by atoms with Gasteiger partial charge in [-0.3, -0.25) is 9.13 Å². The fourth-order valence-corrected chi connectivity index (χ4v) is 6.33. The maximum Gasteiger partial charge on any atom is 0.141 e. The van der Waals surface area contributed by atoms with Gasteiger partial charge in [0.15, 0.2) is 0 Å². The topological polar surface area (TPSA) is 44.9 Å². The molecule has 47 heavy (non-hydrogen) atoms. The summed E-state index contributed by atoms with van der Waals surface area (Å²) in [4.78, 5) is 9.26. The van der Waals surface area contributed by atoms with Crippen LogP contribution < -0.4 is 4.74 Å². The minimum atomic E-state index is -2.72. The molecule has 0 saturated heterocycles. The summed E-state index contributed by atoms with van der Waals surface area (Å²) >= 11 is 0. The highest BCUT2D eigenvalue weighted by Crippen LogP contribution is 2.39. The number of ether oxygens (including phenoxy) is 1. The van der Waals surface area contributed by atoms with Crippen LogP contribution in [-0.2, 0) is 5.41 Å². The molecule has 8 aromatic rings. The Balaban J connectivity index is 1.35. The van der Waals surface area contributed by atoms with Gasteiger partial charge in [-0.05, 0) is 83.8 Å². The van der Waals surface area contributed by atoms with E-state index in [0.717, 1.165) is 38.6 Å². The van der Waals surface area contributed by atoms with Gasteiger partial charge in [-0.1, -0.05) is 81.4 Å². The zero-order chi connectivity index (χ0) is 37.3. The Morgan fingerprint density at radius 2 is 1.45 bits per heavy atom. The van der Waals surface area contributed by atoms with Crippen molar-refractivity contribution >= 4 is 32.8 Å². The molecule has 8 rings (SSSR count). The number of rotatable bonds is 5. The van der Waals surface area contributed by atoms with Crippen LogP contribution in [0.25, 0.3) is 55.5 Å². The van der Waals surface area contributed by atoms with Crippen LogP contribution in [0.5, 0.6) is 11.5 Å². The highest BCUT2D eigenvalue weighted by Gasteiger charge is 2.20. The zero-order valence-electron chi connectivity index (χ0n) is 32.3. The Bertz CT molecular complexity index is 2670. The second-order valence-electron chi connectivity index (χ2n) is 12.8. The van der Waals surface area contributed by atoms with Gasteiger partial charge in [0.25, 0.3) is 0 Å². The average molecular weight is 619 g/mol. The minimum absolute atomic E-state index is 0.122. The van der Waals surface area contributed by atoms with Crippen LogP contribution in [0, 0.1) is 13.7 Å². The molecular formula is C42H36N4O. The molecule has 0 aliphatic rings. The highest BCUT2D eigenvalue weighted by molar-refractivity contribution is 6.09. The fraction of sp³-hybridized carbons (Fsp3) is 0.143. The van der Waals surface area contributed by atoms with Gasteiger partial charge in [0.2, 0.25) is 0 Å². The van der Waals surface area contributed by atoms with Crippen molar-refractivity contribution in [3.05, 3.63) is 144 Å². The van der Waals surface area contributed by atoms with Crippen molar-refractivity contribution in [3.8, 4) is 34.1 Å². The predicted molar refractivity (Wildman–Crippen MR) is 193 cm³/mol. The smallest absolute Gasteiger partial charge is 0.141 e. The minimum Gasteiger partial charge on any atom is -0.457 e. The van der Waals surface area contributed by atoms with Crippen molar-refractivity contribution in [2.45, 2.75) is 39.9 Å². The van der Waals surface area contributed by atoms with Crippen LogP contribution in [0.1, 0.15) is 45.7 Å². The van der Waals surface area contributed by atoms with E-state index >= 15 is 0 Å². The summed E-state index contributed by atoms with van der Waals surface area (Å²) in [6, 6.07) is 36.4. The first-order valence-corrected chi connectivity index (χ1v) is 15.6. The van der Waals surface area contributed by atoms with E-state index < -0.39 is 13.7 Å². The van der Waals surface area contributed by atoms with Crippen molar-refractivity contribution in [2.75, 3.05) is 0 Å². The van der Waals surface area contributed by atoms with Crippen molar-refractivity contribution in [2.24, 2.45) is 0 Å². The van der Waals surface area contributed by atoms with Crippen molar-refractivity contribution < 1.29 is 13.0 Å². The molecule has 0 N–H and O–H groups in total. The van der Waals surface area contributed by atoms with Gasteiger partial charge in [-0.2, -0.15) is 0 Å². The number of nitrogens with zero attached hydrogens (tertiary/aromatic N) is 4. The molecule has 0 saturated carbocycles. The summed E-state index contributed by atoms with van der Waals surface area (Å²) in [7, 11) is 0. The lowest BCUT2D eigenvalue weighted by atomic mass is 9.86. The second-order valence-corrected chi connectivity index (χ2v) is 12.8. The predicted octanol–water partition coefficient (Wildman–Crippen LogP) is 10.9. The van der Waals surface area contributed by atoms with Crippen LogP contribution in [0.15, 0.2) is 128 Å². The van der Waals surface area contributed by atoms with Crippen LogP contribution in [0.3, 0.4) is 0 Å². The zero-order valence-corrected chi connectivity index (χ0v) is 26.3. The van der Waals surface area contributed by atoms with E-state index in [1.807, 2.05) is 100 Å². The Labute approximate surface area is 283 Å². The number of imidazole rings is 1. The van der Waals surface area contributed by atoms with E-state index in [0.29, 0.717) is 22.6 Å². The third kappa shape index (κ3) is 4.95.